The summed E-state index contributed by atoms with van der Waals surface area (Å²) in [6, 6.07) is 21.1. The number of hydrogen-bond acceptors (Lipinski definition) is 6. The maximum atomic E-state index is 13.9. The molecule has 1 aliphatic rings. The van der Waals surface area contributed by atoms with E-state index < -0.39 is 23.5 Å². The van der Waals surface area contributed by atoms with Crippen LogP contribution in [0.5, 0.6) is 5.75 Å². The van der Waals surface area contributed by atoms with E-state index in [1.165, 1.54) is 12.0 Å². The topological polar surface area (TPSA) is 83.2 Å². The number of benzene rings is 3. The van der Waals surface area contributed by atoms with Gasteiger partial charge in [0, 0.05) is 30.9 Å². The van der Waals surface area contributed by atoms with Gasteiger partial charge in [-0.25, -0.2) is 0 Å². The fourth-order valence-corrected chi connectivity index (χ4v) is 4.63. The highest BCUT2D eigenvalue weighted by atomic mass is 16.5. The van der Waals surface area contributed by atoms with Crippen molar-refractivity contribution in [2.45, 2.75) is 13.0 Å². The Bertz CT molecular complexity index is 1510. The molecule has 4 aromatic rings. The summed E-state index contributed by atoms with van der Waals surface area (Å²) in [4.78, 5) is 30.7. The average Bonchev–Trinajstić information content (AvgIpc) is 3.43. The number of Topliss-reactive ketones (excluding diaryl/α,β-unsaturated/α-hetero) is 1. The molecule has 1 N–H and O–H groups in total. The van der Waals surface area contributed by atoms with Crippen molar-refractivity contribution in [3.63, 3.8) is 0 Å². The quantitative estimate of drug-likeness (QED) is 0.360. The fourth-order valence-electron chi connectivity index (χ4n) is 4.63. The third kappa shape index (κ3) is 3.69. The van der Waals surface area contributed by atoms with Crippen molar-refractivity contribution in [2.75, 3.05) is 31.0 Å². The summed E-state index contributed by atoms with van der Waals surface area (Å²) in [5.74, 6) is -1.27. The van der Waals surface area contributed by atoms with Crippen molar-refractivity contribution in [3.8, 4) is 5.75 Å². The number of para-hydroxylation sites is 2. The number of ether oxygens (including phenoxy) is 1. The number of carbonyl (C=O) groups excluding carboxylic acids is 2. The molecule has 0 bridgehead atoms. The van der Waals surface area contributed by atoms with Gasteiger partial charge in [0.05, 0.1) is 18.7 Å². The molecule has 0 aliphatic carbocycles. The first-order valence-electron chi connectivity index (χ1n) is 11.5. The Balaban J connectivity index is 1.67. The molecule has 0 fully saturated rings. The second-order valence-electron chi connectivity index (χ2n) is 8.93. The van der Waals surface area contributed by atoms with Gasteiger partial charge < -0.3 is 19.2 Å². The van der Waals surface area contributed by atoms with Gasteiger partial charge in [-0.15, -0.1) is 0 Å². The predicted molar refractivity (Wildman–Crippen MR) is 139 cm³/mol. The molecule has 1 atom stereocenters. The van der Waals surface area contributed by atoms with Crippen molar-refractivity contribution in [1.82, 2.24) is 0 Å². The minimum atomic E-state index is -0.836. The Morgan fingerprint density at radius 2 is 1.75 bits per heavy atom. The number of carbonyl (C=O) groups is 2. The van der Waals surface area contributed by atoms with Gasteiger partial charge >= 0.3 is 0 Å². The van der Waals surface area contributed by atoms with E-state index in [4.69, 9.17) is 9.15 Å². The number of hydrogen-bond donors (Lipinski definition) is 1. The van der Waals surface area contributed by atoms with Gasteiger partial charge in [-0.2, -0.15) is 0 Å². The minimum absolute atomic E-state index is 0.0189. The Morgan fingerprint density at radius 3 is 2.42 bits per heavy atom. The van der Waals surface area contributed by atoms with Crippen LogP contribution < -0.4 is 14.5 Å². The molecular weight excluding hydrogens is 456 g/mol. The number of methoxy groups -OCH3 is 1. The maximum absolute atomic E-state index is 13.9. The third-order valence-corrected chi connectivity index (χ3v) is 6.50. The number of fused-ring (bicyclic) bond motifs is 1. The van der Waals surface area contributed by atoms with Crippen LogP contribution in [0, 0.1) is 6.92 Å². The molecule has 1 unspecified atom stereocenters. The molecular formula is C29H26N2O5. The number of furan rings is 1. The smallest absolute Gasteiger partial charge is 0.294 e. The van der Waals surface area contributed by atoms with Crippen molar-refractivity contribution < 1.29 is 23.8 Å². The van der Waals surface area contributed by atoms with Crippen LogP contribution in [0.15, 0.2) is 88.5 Å². The molecule has 182 valence electrons. The molecule has 7 nitrogen and oxygen atoms in total. The summed E-state index contributed by atoms with van der Waals surface area (Å²) in [6.45, 7) is 1.89. The number of nitrogens with zero attached hydrogens (tertiary/aromatic N) is 2. The molecule has 0 saturated carbocycles. The zero-order chi connectivity index (χ0) is 25.6. The Hall–Kier alpha value is -4.52. The highest BCUT2D eigenvalue weighted by Crippen LogP contribution is 2.43. The molecule has 0 spiro atoms. The number of aryl methyl sites for hydroxylation is 1. The van der Waals surface area contributed by atoms with E-state index in [-0.39, 0.29) is 11.3 Å². The number of ketones is 1. The minimum Gasteiger partial charge on any atom is -0.503 e. The zero-order valence-corrected chi connectivity index (χ0v) is 20.5. The highest BCUT2D eigenvalue weighted by molar-refractivity contribution is 6.21. The lowest BCUT2D eigenvalue weighted by molar-refractivity contribution is -0.117. The third-order valence-electron chi connectivity index (χ3n) is 6.50. The second kappa shape index (κ2) is 8.92. The summed E-state index contributed by atoms with van der Waals surface area (Å²) >= 11 is 0. The molecule has 3 aromatic carbocycles. The number of aliphatic hydroxyl groups excluding tert-OH is 1. The molecule has 0 radical (unpaired) electrons. The van der Waals surface area contributed by atoms with Crippen molar-refractivity contribution >= 4 is 34.0 Å². The first-order chi connectivity index (χ1) is 17.3. The van der Waals surface area contributed by atoms with Gasteiger partial charge in [-0.05, 0) is 48.4 Å². The Kier molecular flexibility index (Phi) is 5.76. The number of rotatable bonds is 6. The van der Waals surface area contributed by atoms with Gasteiger partial charge in [0.2, 0.25) is 5.78 Å². The summed E-state index contributed by atoms with van der Waals surface area (Å²) in [7, 11) is 5.39. The summed E-state index contributed by atoms with van der Waals surface area (Å²) in [6.07, 6.45) is 0. The number of aliphatic hydroxyl groups is 1. The van der Waals surface area contributed by atoms with Crippen molar-refractivity contribution in [3.05, 3.63) is 101 Å². The van der Waals surface area contributed by atoms with E-state index in [1.54, 1.807) is 24.3 Å². The molecule has 2 heterocycles. The van der Waals surface area contributed by atoms with Crippen LogP contribution in [0.1, 0.15) is 27.7 Å². The molecule has 0 saturated heterocycles. The fraction of sp³-hybridized carbons (Fsp3) is 0.172. The van der Waals surface area contributed by atoms with Gasteiger partial charge in [-0.1, -0.05) is 42.5 Å². The van der Waals surface area contributed by atoms with Gasteiger partial charge in [0.25, 0.3) is 5.91 Å². The van der Waals surface area contributed by atoms with Crippen LogP contribution in [-0.2, 0) is 4.79 Å². The van der Waals surface area contributed by atoms with Gasteiger partial charge in [-0.3, -0.25) is 14.5 Å². The first kappa shape index (κ1) is 23.2. The molecule has 1 aromatic heterocycles. The summed E-state index contributed by atoms with van der Waals surface area (Å²) in [5.41, 5.74) is 3.52. The standard InChI is InChI=1S/C29H26N2O5/c1-17-8-5-6-10-21(17)31-25(18-12-14-20(15-13-18)30(2)3)24(27(33)29(31)34)26(32)23-16-19-9-7-11-22(35-4)28(19)36-23/h5-16,25,33H,1-4H3. The predicted octanol–water partition coefficient (Wildman–Crippen LogP) is 5.60. The van der Waals surface area contributed by atoms with E-state index in [0.717, 1.165) is 11.3 Å². The lowest BCUT2D eigenvalue weighted by Gasteiger charge is -2.28. The largest absolute Gasteiger partial charge is 0.503 e. The van der Waals surface area contributed by atoms with Crippen LogP contribution in [0.2, 0.25) is 0 Å². The van der Waals surface area contributed by atoms with Crippen molar-refractivity contribution in [1.29, 1.82) is 0 Å². The van der Waals surface area contributed by atoms with Crippen LogP contribution in [0.25, 0.3) is 11.0 Å². The van der Waals surface area contributed by atoms with Crippen LogP contribution >= 0.6 is 0 Å². The van der Waals surface area contributed by atoms with E-state index in [1.807, 2.05) is 74.4 Å². The monoisotopic (exact) mass is 482 g/mol. The number of anilines is 2. The molecule has 1 amide bonds. The number of amides is 1. The van der Waals surface area contributed by atoms with Crippen molar-refractivity contribution in [2.24, 2.45) is 0 Å². The normalized spacial score (nSPS) is 15.6. The second-order valence-corrected chi connectivity index (χ2v) is 8.93. The van der Waals surface area contributed by atoms with E-state index in [2.05, 4.69) is 0 Å². The van der Waals surface area contributed by atoms with Crippen LogP contribution in [-0.4, -0.2) is 38.0 Å². The average molecular weight is 483 g/mol. The molecule has 5 rings (SSSR count). The SMILES string of the molecule is COc1cccc2cc(C(=O)C3=C(O)C(=O)N(c4ccccc4C)C3c3ccc(N(C)C)cc3)oc12. The molecule has 7 heteroatoms. The van der Waals surface area contributed by atoms with Gasteiger partial charge in [0.1, 0.15) is 0 Å². The Labute approximate surface area is 208 Å². The van der Waals surface area contributed by atoms with E-state index in [0.29, 0.717) is 28.0 Å². The van der Waals surface area contributed by atoms with E-state index in [9.17, 15) is 14.7 Å². The zero-order valence-electron chi connectivity index (χ0n) is 20.5. The Morgan fingerprint density at radius 1 is 1.03 bits per heavy atom. The maximum Gasteiger partial charge on any atom is 0.294 e. The van der Waals surface area contributed by atoms with Gasteiger partial charge in [0.15, 0.2) is 22.9 Å². The van der Waals surface area contributed by atoms with Crippen LogP contribution in [0.4, 0.5) is 11.4 Å². The molecule has 36 heavy (non-hydrogen) atoms. The van der Waals surface area contributed by atoms with E-state index >= 15 is 0 Å². The first-order valence-corrected chi connectivity index (χ1v) is 11.5. The lowest BCUT2D eigenvalue weighted by atomic mass is 9.94. The van der Waals surface area contributed by atoms with Crippen LogP contribution in [0.3, 0.4) is 0 Å². The lowest BCUT2D eigenvalue weighted by Crippen LogP contribution is -2.31. The molecule has 1 aliphatic heterocycles. The summed E-state index contributed by atoms with van der Waals surface area (Å²) in [5, 5.41) is 11.7. The highest BCUT2D eigenvalue weighted by Gasteiger charge is 2.45. The summed E-state index contributed by atoms with van der Waals surface area (Å²) < 4.78 is 11.3.